The number of Topliss-reactive ketones (excluding diaryl/α,β-unsaturated/α-hetero) is 1. The first-order chi connectivity index (χ1) is 9.02. The first-order valence-corrected chi connectivity index (χ1v) is 6.35. The summed E-state index contributed by atoms with van der Waals surface area (Å²) in [7, 11) is 1.85. The Morgan fingerprint density at radius 3 is 2.53 bits per heavy atom. The number of ketones is 1. The van der Waals surface area contributed by atoms with Crippen molar-refractivity contribution in [2.24, 2.45) is 0 Å². The van der Waals surface area contributed by atoms with Gasteiger partial charge in [-0.25, -0.2) is 4.98 Å². The minimum atomic E-state index is -0.0521. The first kappa shape index (κ1) is 13.4. The standard InChI is InChI=1S/C14H17BN2O2/c1-4-17-13(10(3)18)16-12(15)14(17)19-11-7-5-9(2)6-8-11/h5-8H,4,15H2,1-3H3. The molecule has 4 nitrogen and oxygen atoms in total. The Bertz CT molecular complexity index is 603. The molecule has 0 spiro atoms. The maximum absolute atomic E-state index is 11.5. The van der Waals surface area contributed by atoms with Gasteiger partial charge in [0, 0.05) is 13.5 Å². The van der Waals surface area contributed by atoms with Crippen LogP contribution in [0.3, 0.4) is 0 Å². The minimum Gasteiger partial charge on any atom is -0.440 e. The third kappa shape index (κ3) is 2.70. The van der Waals surface area contributed by atoms with Crippen LogP contribution in [0.25, 0.3) is 0 Å². The van der Waals surface area contributed by atoms with Crippen LogP contribution in [0.1, 0.15) is 30.0 Å². The van der Waals surface area contributed by atoms with Crippen molar-refractivity contribution in [1.82, 2.24) is 9.55 Å². The fourth-order valence-corrected chi connectivity index (χ4v) is 1.97. The Morgan fingerprint density at radius 2 is 2.00 bits per heavy atom. The molecule has 0 atom stereocenters. The topological polar surface area (TPSA) is 44.1 Å². The van der Waals surface area contributed by atoms with Crippen molar-refractivity contribution < 1.29 is 9.53 Å². The van der Waals surface area contributed by atoms with Crippen molar-refractivity contribution in [2.45, 2.75) is 27.3 Å². The Hall–Kier alpha value is -2.04. The molecule has 1 heterocycles. The van der Waals surface area contributed by atoms with Crippen molar-refractivity contribution >= 4 is 19.2 Å². The number of nitrogens with zero attached hydrogens (tertiary/aromatic N) is 2. The van der Waals surface area contributed by atoms with Crippen LogP contribution in [0.4, 0.5) is 0 Å². The first-order valence-electron chi connectivity index (χ1n) is 6.35. The smallest absolute Gasteiger partial charge is 0.213 e. The SMILES string of the molecule is Bc1nc(C(C)=O)n(CC)c1Oc1ccc(C)cc1. The maximum Gasteiger partial charge on any atom is 0.213 e. The molecule has 0 aliphatic rings. The monoisotopic (exact) mass is 256 g/mol. The van der Waals surface area contributed by atoms with Crippen LogP contribution >= 0.6 is 0 Å². The van der Waals surface area contributed by atoms with E-state index in [1.807, 2.05) is 46.0 Å². The molecule has 0 unspecified atom stereocenters. The van der Waals surface area contributed by atoms with Crippen LogP contribution in [0.15, 0.2) is 24.3 Å². The van der Waals surface area contributed by atoms with Crippen molar-refractivity contribution in [3.8, 4) is 11.6 Å². The molecule has 5 heteroatoms. The number of imidazole rings is 1. The van der Waals surface area contributed by atoms with Gasteiger partial charge in [0.25, 0.3) is 0 Å². The predicted octanol–water partition coefficient (Wildman–Crippen LogP) is 1.46. The van der Waals surface area contributed by atoms with Gasteiger partial charge in [0.1, 0.15) is 5.75 Å². The summed E-state index contributed by atoms with van der Waals surface area (Å²) in [5, 5.41) is 0. The lowest BCUT2D eigenvalue weighted by atomic mass is 10.1. The Kier molecular flexibility index (Phi) is 3.74. The number of carbonyl (C=O) groups is 1. The van der Waals surface area contributed by atoms with Gasteiger partial charge in [-0.1, -0.05) is 17.7 Å². The van der Waals surface area contributed by atoms with E-state index < -0.39 is 0 Å². The normalized spacial score (nSPS) is 10.5. The zero-order valence-corrected chi connectivity index (χ0v) is 11.7. The summed E-state index contributed by atoms with van der Waals surface area (Å²) in [6, 6.07) is 7.80. The summed E-state index contributed by atoms with van der Waals surface area (Å²) >= 11 is 0. The molecule has 0 saturated heterocycles. The summed E-state index contributed by atoms with van der Waals surface area (Å²) < 4.78 is 7.67. The third-order valence-corrected chi connectivity index (χ3v) is 2.95. The number of rotatable bonds is 4. The van der Waals surface area contributed by atoms with Crippen LogP contribution in [0, 0.1) is 6.92 Å². The summed E-state index contributed by atoms with van der Waals surface area (Å²) in [5.41, 5.74) is 1.91. The van der Waals surface area contributed by atoms with E-state index in [1.165, 1.54) is 12.5 Å². The van der Waals surface area contributed by atoms with Gasteiger partial charge < -0.3 is 4.74 Å². The Balaban J connectivity index is 2.39. The molecule has 19 heavy (non-hydrogen) atoms. The van der Waals surface area contributed by atoms with Gasteiger partial charge >= 0.3 is 0 Å². The van der Waals surface area contributed by atoms with Crippen LogP contribution in [-0.2, 0) is 6.54 Å². The number of hydrogen-bond acceptors (Lipinski definition) is 3. The fraction of sp³-hybridized carbons (Fsp3) is 0.286. The van der Waals surface area contributed by atoms with Gasteiger partial charge in [0.15, 0.2) is 19.5 Å². The van der Waals surface area contributed by atoms with E-state index in [-0.39, 0.29) is 5.78 Å². The van der Waals surface area contributed by atoms with Crippen molar-refractivity contribution in [1.29, 1.82) is 0 Å². The highest BCUT2D eigenvalue weighted by atomic mass is 16.5. The quantitative estimate of drug-likeness (QED) is 0.614. The van der Waals surface area contributed by atoms with Gasteiger partial charge in [-0.2, -0.15) is 0 Å². The minimum absolute atomic E-state index is 0.0521. The molecule has 1 aromatic carbocycles. The summed E-state index contributed by atoms with van der Waals surface area (Å²) in [4.78, 5) is 15.8. The molecule has 0 fully saturated rings. The zero-order valence-electron chi connectivity index (χ0n) is 11.7. The number of hydrogen-bond donors (Lipinski definition) is 0. The van der Waals surface area contributed by atoms with Gasteiger partial charge in [0.05, 0.1) is 5.59 Å². The highest BCUT2D eigenvalue weighted by molar-refractivity contribution is 6.32. The average molecular weight is 256 g/mol. The second kappa shape index (κ2) is 5.30. The molecule has 0 saturated carbocycles. The van der Waals surface area contributed by atoms with Gasteiger partial charge in [-0.15, -0.1) is 0 Å². The van der Waals surface area contributed by atoms with E-state index in [2.05, 4.69) is 4.98 Å². The van der Waals surface area contributed by atoms with Crippen LogP contribution in [0.5, 0.6) is 11.6 Å². The molecule has 0 N–H and O–H groups in total. The van der Waals surface area contributed by atoms with Crippen molar-refractivity contribution in [3.63, 3.8) is 0 Å². The lowest BCUT2D eigenvalue weighted by Crippen LogP contribution is -2.09. The van der Waals surface area contributed by atoms with Gasteiger partial charge in [0.2, 0.25) is 5.88 Å². The molecule has 98 valence electrons. The number of benzene rings is 1. The molecule has 0 aliphatic heterocycles. The van der Waals surface area contributed by atoms with E-state index in [0.29, 0.717) is 18.2 Å². The van der Waals surface area contributed by atoms with E-state index in [9.17, 15) is 4.79 Å². The van der Waals surface area contributed by atoms with Gasteiger partial charge in [-0.05, 0) is 26.0 Å². The lowest BCUT2D eigenvalue weighted by molar-refractivity contribution is 0.0998. The highest BCUT2D eigenvalue weighted by Crippen LogP contribution is 2.21. The van der Waals surface area contributed by atoms with Crippen molar-refractivity contribution in [3.05, 3.63) is 35.7 Å². The molecule has 1 aromatic heterocycles. The number of carbonyl (C=O) groups excluding carboxylic acids is 1. The fourth-order valence-electron chi connectivity index (χ4n) is 1.97. The summed E-state index contributed by atoms with van der Waals surface area (Å²) in [6.45, 7) is 6.16. The van der Waals surface area contributed by atoms with E-state index in [4.69, 9.17) is 4.74 Å². The molecule has 0 radical (unpaired) electrons. The number of aromatic nitrogens is 2. The lowest BCUT2D eigenvalue weighted by Gasteiger charge is -2.10. The average Bonchev–Trinajstić information content (AvgIpc) is 2.69. The summed E-state index contributed by atoms with van der Waals surface area (Å²) in [5.74, 6) is 1.78. The largest absolute Gasteiger partial charge is 0.440 e. The van der Waals surface area contributed by atoms with Crippen LogP contribution in [-0.4, -0.2) is 23.2 Å². The van der Waals surface area contributed by atoms with E-state index >= 15 is 0 Å². The predicted molar refractivity (Wildman–Crippen MR) is 77.3 cm³/mol. The molecule has 0 amide bonds. The molecule has 2 aromatic rings. The molecule has 2 rings (SSSR count). The van der Waals surface area contributed by atoms with Crippen molar-refractivity contribution in [2.75, 3.05) is 0 Å². The second-order valence-electron chi connectivity index (χ2n) is 4.54. The van der Waals surface area contributed by atoms with Gasteiger partial charge in [-0.3, -0.25) is 9.36 Å². The molecule has 0 aliphatic carbocycles. The Morgan fingerprint density at radius 1 is 1.37 bits per heavy atom. The summed E-state index contributed by atoms with van der Waals surface area (Å²) in [6.07, 6.45) is 0. The van der Waals surface area contributed by atoms with E-state index in [0.717, 1.165) is 11.3 Å². The molecular weight excluding hydrogens is 239 g/mol. The van der Waals surface area contributed by atoms with Crippen LogP contribution in [0.2, 0.25) is 0 Å². The number of aryl methyl sites for hydroxylation is 1. The maximum atomic E-state index is 11.5. The van der Waals surface area contributed by atoms with Crippen LogP contribution < -0.4 is 10.3 Å². The zero-order chi connectivity index (χ0) is 14.0. The third-order valence-electron chi connectivity index (χ3n) is 2.95. The molecular formula is C14H17BN2O2. The highest BCUT2D eigenvalue weighted by Gasteiger charge is 2.17. The number of ether oxygens (including phenoxy) is 1. The van der Waals surface area contributed by atoms with E-state index in [1.54, 1.807) is 4.57 Å². The second-order valence-corrected chi connectivity index (χ2v) is 4.54. The Labute approximate surface area is 113 Å². The molecule has 0 bridgehead atoms.